The second-order valence-electron chi connectivity index (χ2n) is 7.45. The van der Waals surface area contributed by atoms with Crippen molar-refractivity contribution in [3.05, 3.63) is 53.1 Å². The summed E-state index contributed by atoms with van der Waals surface area (Å²) < 4.78 is 34.4. The first-order valence-corrected chi connectivity index (χ1v) is 9.32. The molecular formula is C22H14F2N2O4. The van der Waals surface area contributed by atoms with Gasteiger partial charge >= 0.3 is 0 Å². The van der Waals surface area contributed by atoms with Gasteiger partial charge in [0.05, 0.1) is 29.0 Å². The van der Waals surface area contributed by atoms with Gasteiger partial charge < -0.3 is 4.74 Å². The molecule has 0 bridgehead atoms. The molecule has 0 saturated heterocycles. The smallest absolute Gasteiger partial charge is 0.272 e. The van der Waals surface area contributed by atoms with Gasteiger partial charge in [0.25, 0.3) is 17.7 Å². The quantitative estimate of drug-likeness (QED) is 0.566. The molecule has 0 aromatic heterocycles. The van der Waals surface area contributed by atoms with Gasteiger partial charge in [-0.15, -0.1) is 6.42 Å². The van der Waals surface area contributed by atoms with Gasteiger partial charge in [-0.3, -0.25) is 19.3 Å². The van der Waals surface area contributed by atoms with E-state index in [-0.39, 0.29) is 40.7 Å². The Bertz CT molecular complexity index is 1200. The van der Waals surface area contributed by atoms with Crippen molar-refractivity contribution in [2.45, 2.75) is 24.9 Å². The van der Waals surface area contributed by atoms with Gasteiger partial charge in [0.1, 0.15) is 11.6 Å². The minimum absolute atomic E-state index is 0.0280. The Labute approximate surface area is 170 Å². The maximum absolute atomic E-state index is 15.0. The lowest BCUT2D eigenvalue weighted by Crippen LogP contribution is -2.60. The molecule has 2 heterocycles. The van der Waals surface area contributed by atoms with Crippen LogP contribution in [0.15, 0.2) is 30.3 Å². The fraction of sp³-hybridized carbons (Fsp3) is 0.227. The number of amides is 3. The number of anilines is 2. The summed E-state index contributed by atoms with van der Waals surface area (Å²) in [6.45, 7) is -0.0741. The highest BCUT2D eigenvalue weighted by molar-refractivity contribution is 6.34. The molecule has 3 aliphatic rings. The number of imide groups is 1. The molecule has 0 N–H and O–H groups in total. The maximum atomic E-state index is 15.0. The highest BCUT2D eigenvalue weighted by Gasteiger charge is 2.53. The molecule has 2 aromatic carbocycles. The number of terminal acetylenes is 1. The Balaban J connectivity index is 1.63. The van der Waals surface area contributed by atoms with Crippen molar-refractivity contribution in [3.8, 4) is 18.1 Å². The van der Waals surface area contributed by atoms with Crippen LogP contribution in [-0.2, 0) is 4.79 Å². The highest BCUT2D eigenvalue weighted by atomic mass is 19.1. The maximum Gasteiger partial charge on any atom is 0.272 e. The van der Waals surface area contributed by atoms with Crippen molar-refractivity contribution in [3.63, 3.8) is 0 Å². The summed E-state index contributed by atoms with van der Waals surface area (Å²) in [5, 5.41) is 0. The predicted octanol–water partition coefficient (Wildman–Crippen LogP) is 3.05. The molecule has 0 atom stereocenters. The standard InChI is InChI=1S/C22H14F2N2O4/c1-2-8-25-17-11-16(15(24)10-18(17)30-22(21(25)29)6-3-7-22)26-19(27)13-5-4-12(23)9-14(13)20(26)28/h1,4-5,9-11H,3,6-8H2. The van der Waals surface area contributed by atoms with Gasteiger partial charge in [-0.05, 0) is 43.5 Å². The van der Waals surface area contributed by atoms with E-state index in [1.165, 1.54) is 17.0 Å². The van der Waals surface area contributed by atoms with E-state index >= 15 is 4.39 Å². The van der Waals surface area contributed by atoms with Crippen LogP contribution in [0.2, 0.25) is 0 Å². The molecule has 1 fully saturated rings. The Hall–Kier alpha value is -3.73. The number of benzene rings is 2. The topological polar surface area (TPSA) is 66.9 Å². The van der Waals surface area contributed by atoms with Crippen LogP contribution >= 0.6 is 0 Å². The fourth-order valence-electron chi connectivity index (χ4n) is 4.10. The van der Waals surface area contributed by atoms with Crippen LogP contribution in [0, 0.1) is 24.0 Å². The lowest BCUT2D eigenvalue weighted by molar-refractivity contribution is -0.143. The third-order valence-corrected chi connectivity index (χ3v) is 5.76. The second-order valence-corrected chi connectivity index (χ2v) is 7.45. The molecule has 0 unspecified atom stereocenters. The van der Waals surface area contributed by atoms with Crippen LogP contribution in [0.3, 0.4) is 0 Å². The lowest BCUT2D eigenvalue weighted by Gasteiger charge is -2.47. The first-order chi connectivity index (χ1) is 14.4. The van der Waals surface area contributed by atoms with Crippen LogP contribution in [0.1, 0.15) is 40.0 Å². The SMILES string of the molecule is C#CCN1C(=O)C2(CCC2)Oc2cc(F)c(N3C(=O)c4ccc(F)cc4C3=O)cc21. The zero-order valence-corrected chi connectivity index (χ0v) is 15.6. The average molecular weight is 408 g/mol. The molecule has 3 amide bonds. The number of ether oxygens (including phenoxy) is 1. The van der Waals surface area contributed by atoms with E-state index in [4.69, 9.17) is 11.2 Å². The summed E-state index contributed by atoms with van der Waals surface area (Å²) in [5.74, 6) is -1.01. The van der Waals surface area contributed by atoms with E-state index in [1.54, 1.807) is 0 Å². The molecular weight excluding hydrogens is 394 g/mol. The highest BCUT2D eigenvalue weighted by Crippen LogP contribution is 2.48. The van der Waals surface area contributed by atoms with Gasteiger partial charge in [-0.25, -0.2) is 13.7 Å². The minimum Gasteiger partial charge on any atom is -0.475 e. The molecule has 0 radical (unpaired) electrons. The molecule has 1 spiro atoms. The molecule has 8 heteroatoms. The van der Waals surface area contributed by atoms with E-state index in [2.05, 4.69) is 5.92 Å². The summed E-state index contributed by atoms with van der Waals surface area (Å²) in [6.07, 6.45) is 7.22. The number of nitrogens with zero attached hydrogens (tertiary/aromatic N) is 2. The summed E-state index contributed by atoms with van der Waals surface area (Å²) >= 11 is 0. The second kappa shape index (κ2) is 6.13. The van der Waals surface area contributed by atoms with Crippen molar-refractivity contribution < 1.29 is 27.9 Å². The summed E-state index contributed by atoms with van der Waals surface area (Å²) in [4.78, 5) is 40.4. The molecule has 1 saturated carbocycles. The van der Waals surface area contributed by atoms with E-state index in [9.17, 15) is 18.8 Å². The Morgan fingerprint density at radius 2 is 1.77 bits per heavy atom. The zero-order valence-electron chi connectivity index (χ0n) is 15.6. The summed E-state index contributed by atoms with van der Waals surface area (Å²) in [7, 11) is 0. The van der Waals surface area contributed by atoms with Gasteiger partial charge in [0, 0.05) is 6.07 Å². The van der Waals surface area contributed by atoms with E-state index in [0.717, 1.165) is 24.6 Å². The van der Waals surface area contributed by atoms with Gasteiger partial charge in [-0.1, -0.05) is 5.92 Å². The van der Waals surface area contributed by atoms with Crippen LogP contribution in [0.4, 0.5) is 20.2 Å². The number of hydrogen-bond acceptors (Lipinski definition) is 4. The molecule has 6 nitrogen and oxygen atoms in total. The third-order valence-electron chi connectivity index (χ3n) is 5.76. The summed E-state index contributed by atoms with van der Waals surface area (Å²) in [6, 6.07) is 5.41. The fourth-order valence-corrected chi connectivity index (χ4v) is 4.10. The van der Waals surface area contributed by atoms with E-state index < -0.39 is 29.0 Å². The molecule has 150 valence electrons. The van der Waals surface area contributed by atoms with Crippen LogP contribution < -0.4 is 14.5 Å². The van der Waals surface area contributed by atoms with Crippen LogP contribution in [0.5, 0.6) is 5.75 Å². The first-order valence-electron chi connectivity index (χ1n) is 9.32. The summed E-state index contributed by atoms with van der Waals surface area (Å²) in [5.41, 5.74) is -1.42. The van der Waals surface area contributed by atoms with Crippen LogP contribution in [-0.4, -0.2) is 29.9 Å². The van der Waals surface area contributed by atoms with Gasteiger partial charge in [-0.2, -0.15) is 0 Å². The van der Waals surface area contributed by atoms with Crippen molar-refractivity contribution in [2.75, 3.05) is 16.3 Å². The molecule has 30 heavy (non-hydrogen) atoms. The molecule has 5 rings (SSSR count). The number of rotatable bonds is 2. The number of carbonyl (C=O) groups excluding carboxylic acids is 3. The third kappa shape index (κ3) is 2.32. The van der Waals surface area contributed by atoms with Crippen molar-refractivity contribution >= 4 is 29.1 Å². The largest absolute Gasteiger partial charge is 0.475 e. The first kappa shape index (κ1) is 18.3. The molecule has 2 aromatic rings. The Morgan fingerprint density at radius 3 is 2.43 bits per heavy atom. The normalized spacial score (nSPS) is 18.6. The predicted molar refractivity (Wildman–Crippen MR) is 102 cm³/mol. The van der Waals surface area contributed by atoms with Crippen molar-refractivity contribution in [1.29, 1.82) is 0 Å². The number of carbonyl (C=O) groups is 3. The van der Waals surface area contributed by atoms with Crippen molar-refractivity contribution in [2.24, 2.45) is 0 Å². The van der Waals surface area contributed by atoms with E-state index in [0.29, 0.717) is 17.7 Å². The lowest BCUT2D eigenvalue weighted by atomic mass is 9.77. The minimum atomic E-state index is -1.05. The van der Waals surface area contributed by atoms with Crippen molar-refractivity contribution in [1.82, 2.24) is 0 Å². The van der Waals surface area contributed by atoms with Gasteiger partial charge in [0.15, 0.2) is 11.4 Å². The van der Waals surface area contributed by atoms with E-state index in [1.807, 2.05) is 0 Å². The molecule has 2 aliphatic heterocycles. The Morgan fingerprint density at radius 1 is 1.03 bits per heavy atom. The molecule has 1 aliphatic carbocycles. The number of hydrogen-bond donors (Lipinski definition) is 0. The monoisotopic (exact) mass is 408 g/mol. The average Bonchev–Trinajstić information content (AvgIpc) is 2.92. The number of fused-ring (bicyclic) bond motifs is 2. The number of halogens is 2. The zero-order chi connectivity index (χ0) is 21.2. The van der Waals surface area contributed by atoms with Crippen LogP contribution in [0.25, 0.3) is 0 Å². The Kier molecular flexibility index (Phi) is 3.74. The van der Waals surface area contributed by atoms with Gasteiger partial charge in [0.2, 0.25) is 0 Å².